The molecule has 0 spiro atoms. The van der Waals surface area contributed by atoms with Crippen molar-refractivity contribution in [2.75, 3.05) is 9.44 Å². The lowest BCUT2D eigenvalue weighted by atomic mass is 10.3. The van der Waals surface area contributed by atoms with Gasteiger partial charge in [0.2, 0.25) is 0 Å². The van der Waals surface area contributed by atoms with E-state index in [0.29, 0.717) is 5.02 Å². The molecule has 0 heterocycles. The molecule has 0 aliphatic heterocycles. The van der Waals surface area contributed by atoms with Gasteiger partial charge in [0, 0.05) is 17.2 Å². The zero-order valence-electron chi connectivity index (χ0n) is 15.0. The Kier molecular flexibility index (Phi) is 5.97. The third kappa shape index (κ3) is 5.06. The highest BCUT2D eigenvalue weighted by atomic mass is 35.5. The van der Waals surface area contributed by atoms with Gasteiger partial charge in [-0.15, -0.1) is 0 Å². The maximum absolute atomic E-state index is 12.6. The van der Waals surface area contributed by atoms with Gasteiger partial charge in [0.15, 0.2) is 0 Å². The fraction of sp³-hybridized carbons (Fsp3) is 0. The molecule has 0 saturated heterocycles. The lowest BCUT2D eigenvalue weighted by molar-refractivity contribution is -0.384. The normalized spacial score (nSPS) is 11.6. The molecule has 0 radical (unpaired) electrons. The summed E-state index contributed by atoms with van der Waals surface area (Å²) in [7, 11) is -8.09. The fourth-order valence-electron chi connectivity index (χ4n) is 2.45. The zero-order chi connectivity index (χ0) is 21.9. The van der Waals surface area contributed by atoms with E-state index >= 15 is 0 Å². The van der Waals surface area contributed by atoms with Gasteiger partial charge in [-0.2, -0.15) is 0 Å². The Balaban J connectivity index is 1.85. The van der Waals surface area contributed by atoms with Gasteiger partial charge >= 0.3 is 0 Å². The summed E-state index contributed by atoms with van der Waals surface area (Å²) in [5, 5.41) is 11.1. The van der Waals surface area contributed by atoms with Gasteiger partial charge in [0.25, 0.3) is 25.7 Å². The summed E-state index contributed by atoms with van der Waals surface area (Å²) in [6.07, 6.45) is 0. The minimum Gasteiger partial charge on any atom is -0.280 e. The van der Waals surface area contributed by atoms with Crippen LogP contribution >= 0.6 is 11.6 Å². The number of nitro benzene ring substituents is 1. The largest absolute Gasteiger partial charge is 0.280 e. The first-order chi connectivity index (χ1) is 14.1. The van der Waals surface area contributed by atoms with Crippen molar-refractivity contribution in [3.8, 4) is 0 Å². The Morgan fingerprint density at radius 3 is 1.83 bits per heavy atom. The molecule has 0 fully saturated rings. The average Bonchev–Trinajstić information content (AvgIpc) is 2.67. The number of benzene rings is 3. The van der Waals surface area contributed by atoms with E-state index in [9.17, 15) is 26.9 Å². The Bertz CT molecular complexity index is 1310. The number of anilines is 2. The van der Waals surface area contributed by atoms with Crippen molar-refractivity contribution >= 4 is 48.7 Å². The summed E-state index contributed by atoms with van der Waals surface area (Å²) in [5.41, 5.74) is -0.00387. The van der Waals surface area contributed by atoms with Gasteiger partial charge in [0.05, 0.1) is 26.1 Å². The summed E-state index contributed by atoms with van der Waals surface area (Å²) in [6, 6.07) is 15.6. The second-order valence-corrected chi connectivity index (χ2v) is 9.80. The van der Waals surface area contributed by atoms with Gasteiger partial charge < -0.3 is 0 Å². The third-order valence-corrected chi connectivity index (χ3v) is 6.84. The van der Waals surface area contributed by atoms with Crippen LogP contribution in [-0.4, -0.2) is 21.8 Å². The average molecular weight is 468 g/mol. The van der Waals surface area contributed by atoms with E-state index in [-0.39, 0.29) is 26.9 Å². The van der Waals surface area contributed by atoms with Crippen LogP contribution in [0, 0.1) is 10.1 Å². The van der Waals surface area contributed by atoms with E-state index < -0.39 is 25.0 Å². The number of hydrogen-bond acceptors (Lipinski definition) is 6. The molecule has 0 aromatic heterocycles. The van der Waals surface area contributed by atoms with Gasteiger partial charge in [-0.25, -0.2) is 16.8 Å². The van der Waals surface area contributed by atoms with Crippen LogP contribution in [0.25, 0.3) is 0 Å². The minimum absolute atomic E-state index is 0.00215. The van der Waals surface area contributed by atoms with Crippen molar-refractivity contribution in [2.24, 2.45) is 0 Å². The van der Waals surface area contributed by atoms with Crippen molar-refractivity contribution in [2.45, 2.75) is 9.79 Å². The third-order valence-electron chi connectivity index (χ3n) is 3.83. The van der Waals surface area contributed by atoms with Crippen molar-refractivity contribution in [1.29, 1.82) is 0 Å². The van der Waals surface area contributed by atoms with E-state index in [1.165, 1.54) is 30.3 Å². The zero-order valence-corrected chi connectivity index (χ0v) is 17.4. The number of halogens is 1. The SMILES string of the molecule is O=[N+]([O-])c1ccc(S(=O)(=O)Nc2cccc(S(=O)(=O)Nc3cccc(Cl)c3)c2)cc1. The topological polar surface area (TPSA) is 135 Å². The lowest BCUT2D eigenvalue weighted by Crippen LogP contribution is -2.15. The second-order valence-electron chi connectivity index (χ2n) is 6.00. The molecular weight excluding hydrogens is 454 g/mol. The summed E-state index contributed by atoms with van der Waals surface area (Å²) in [4.78, 5) is 9.67. The molecule has 0 bridgehead atoms. The van der Waals surface area contributed by atoms with Crippen molar-refractivity contribution in [1.82, 2.24) is 0 Å². The summed E-state index contributed by atoms with van der Waals surface area (Å²) in [5.74, 6) is 0. The van der Waals surface area contributed by atoms with Crippen molar-refractivity contribution in [3.63, 3.8) is 0 Å². The minimum atomic E-state index is -4.09. The Morgan fingerprint density at radius 1 is 0.733 bits per heavy atom. The molecule has 0 unspecified atom stereocenters. The van der Waals surface area contributed by atoms with E-state index in [4.69, 9.17) is 11.6 Å². The molecule has 0 amide bonds. The van der Waals surface area contributed by atoms with E-state index in [0.717, 1.165) is 30.3 Å². The number of rotatable bonds is 7. The smallest absolute Gasteiger partial charge is 0.269 e. The number of nitro groups is 1. The summed E-state index contributed by atoms with van der Waals surface area (Å²) in [6.45, 7) is 0. The van der Waals surface area contributed by atoms with Crippen LogP contribution < -0.4 is 9.44 Å². The standard InChI is InChI=1S/C18H14ClN3O6S2/c19-13-3-1-4-14(11-13)20-30(27,28)18-6-2-5-15(12-18)21-29(25,26)17-9-7-16(8-10-17)22(23)24/h1-12,20-21H. The first kappa shape index (κ1) is 21.6. The molecule has 0 atom stereocenters. The molecule has 30 heavy (non-hydrogen) atoms. The van der Waals surface area contributed by atoms with Crippen LogP contribution in [0.2, 0.25) is 5.02 Å². The van der Waals surface area contributed by atoms with Crippen molar-refractivity contribution < 1.29 is 21.8 Å². The van der Waals surface area contributed by atoms with Crippen LogP contribution in [0.15, 0.2) is 82.6 Å². The maximum Gasteiger partial charge on any atom is 0.269 e. The number of nitrogens with zero attached hydrogens (tertiary/aromatic N) is 1. The Labute approximate surface area is 177 Å². The molecule has 3 aromatic rings. The van der Waals surface area contributed by atoms with E-state index in [2.05, 4.69) is 9.44 Å². The van der Waals surface area contributed by atoms with Crippen LogP contribution in [0.1, 0.15) is 0 Å². The number of nitrogens with one attached hydrogen (secondary N) is 2. The van der Waals surface area contributed by atoms with Crippen LogP contribution in [0.3, 0.4) is 0 Å². The van der Waals surface area contributed by atoms with Crippen LogP contribution in [-0.2, 0) is 20.0 Å². The molecule has 3 rings (SSSR count). The second kappa shape index (κ2) is 8.30. The number of sulfonamides is 2. The highest BCUT2D eigenvalue weighted by molar-refractivity contribution is 7.93. The summed E-state index contributed by atoms with van der Waals surface area (Å²) < 4.78 is 54.9. The highest BCUT2D eigenvalue weighted by Gasteiger charge is 2.19. The van der Waals surface area contributed by atoms with Gasteiger partial charge in [-0.05, 0) is 48.5 Å². The first-order valence-electron chi connectivity index (χ1n) is 8.23. The van der Waals surface area contributed by atoms with E-state index in [1.807, 2.05) is 0 Å². The molecule has 0 saturated carbocycles. The molecule has 9 nitrogen and oxygen atoms in total. The molecule has 3 aromatic carbocycles. The molecule has 2 N–H and O–H groups in total. The number of hydrogen-bond donors (Lipinski definition) is 2. The predicted octanol–water partition coefficient (Wildman–Crippen LogP) is 3.85. The fourth-order valence-corrected chi connectivity index (χ4v) is 4.79. The lowest BCUT2D eigenvalue weighted by Gasteiger charge is -2.11. The summed E-state index contributed by atoms with van der Waals surface area (Å²) >= 11 is 5.85. The molecule has 156 valence electrons. The van der Waals surface area contributed by atoms with E-state index in [1.54, 1.807) is 12.1 Å². The van der Waals surface area contributed by atoms with Gasteiger partial charge in [0.1, 0.15) is 0 Å². The monoisotopic (exact) mass is 467 g/mol. The number of non-ortho nitro benzene ring substituents is 1. The maximum atomic E-state index is 12.6. The van der Waals surface area contributed by atoms with Gasteiger partial charge in [-0.3, -0.25) is 19.6 Å². The molecule has 12 heteroatoms. The quantitative estimate of drug-likeness (QED) is 0.400. The van der Waals surface area contributed by atoms with Crippen LogP contribution in [0.5, 0.6) is 0 Å². The predicted molar refractivity (Wildman–Crippen MR) is 113 cm³/mol. The highest BCUT2D eigenvalue weighted by Crippen LogP contribution is 2.23. The van der Waals surface area contributed by atoms with Gasteiger partial charge in [-0.1, -0.05) is 23.7 Å². The Morgan fingerprint density at radius 2 is 1.27 bits per heavy atom. The van der Waals surface area contributed by atoms with Crippen molar-refractivity contribution in [3.05, 3.63) is 87.9 Å². The molecule has 0 aliphatic carbocycles. The molecule has 0 aliphatic rings. The first-order valence-corrected chi connectivity index (χ1v) is 11.6. The van der Waals surface area contributed by atoms with Crippen LogP contribution in [0.4, 0.5) is 17.1 Å². The molecular formula is C18H14ClN3O6S2. The Hall–Kier alpha value is -3.15.